The van der Waals surface area contributed by atoms with Crippen LogP contribution in [0.25, 0.3) is 0 Å². The van der Waals surface area contributed by atoms with Gasteiger partial charge in [0.1, 0.15) is 12.1 Å². The molecule has 0 aromatic rings. The Hall–Kier alpha value is -2.93. The minimum absolute atomic E-state index is 0.119. The van der Waals surface area contributed by atoms with Crippen molar-refractivity contribution < 1.29 is 49.0 Å². The smallest absolute Gasteiger partial charge is 0.329 e. The fourth-order valence-electron chi connectivity index (χ4n) is 9.13. The predicted molar refractivity (Wildman–Crippen MR) is 224 cm³/mol. The average molecular weight is 812 g/mol. The van der Waals surface area contributed by atoms with Gasteiger partial charge < -0.3 is 39.5 Å². The van der Waals surface area contributed by atoms with E-state index in [0.717, 1.165) is 29.6 Å². The number of amides is 1. The molecule has 3 aliphatic heterocycles. The lowest BCUT2D eigenvalue weighted by Crippen LogP contribution is -2.61. The van der Waals surface area contributed by atoms with E-state index >= 15 is 0 Å². The van der Waals surface area contributed by atoms with Gasteiger partial charge in [-0.05, 0) is 119 Å². The molecule has 0 radical (unpaired) electrons. The summed E-state index contributed by atoms with van der Waals surface area (Å²) in [5.41, 5.74) is 2.63. The number of hydrogen-bond donors (Lipinski definition) is 4. The molecule has 3 fully saturated rings. The van der Waals surface area contributed by atoms with Crippen LogP contribution in [0.2, 0.25) is 0 Å². The summed E-state index contributed by atoms with van der Waals surface area (Å²) in [6.07, 6.45) is 15.0. The van der Waals surface area contributed by atoms with E-state index in [1.54, 1.807) is 14.0 Å². The second-order valence-corrected chi connectivity index (χ2v) is 18.1. The van der Waals surface area contributed by atoms with E-state index in [0.29, 0.717) is 70.6 Å². The number of carbonyl (C=O) groups is 3. The molecule has 0 spiro atoms. The number of allylic oxidation sites excluding steroid dienone is 5. The molecule has 1 unspecified atom stereocenters. The molecular formula is C47H73NO10. The van der Waals surface area contributed by atoms with Crippen LogP contribution >= 0.6 is 0 Å². The molecular weight excluding hydrogens is 739 g/mol. The first-order chi connectivity index (χ1) is 27.4. The summed E-state index contributed by atoms with van der Waals surface area (Å²) in [6.45, 7) is 16.3. The topological polar surface area (TPSA) is 163 Å². The number of Topliss-reactive ketones (excluding diaryl/α,β-unsaturated/α-hetero) is 1. The molecule has 1 saturated carbocycles. The highest BCUT2D eigenvalue weighted by Crippen LogP contribution is 2.37. The van der Waals surface area contributed by atoms with Crippen molar-refractivity contribution in [1.82, 2.24) is 4.90 Å². The van der Waals surface area contributed by atoms with Gasteiger partial charge in [0.15, 0.2) is 0 Å². The van der Waals surface area contributed by atoms with E-state index in [-0.39, 0.29) is 36.3 Å². The van der Waals surface area contributed by atoms with Crippen molar-refractivity contribution >= 4 is 17.7 Å². The molecule has 3 heterocycles. The molecule has 13 atom stereocenters. The van der Waals surface area contributed by atoms with Crippen molar-refractivity contribution in [3.63, 3.8) is 0 Å². The van der Waals surface area contributed by atoms with Crippen molar-refractivity contribution in [3.05, 3.63) is 59.8 Å². The monoisotopic (exact) mass is 812 g/mol. The van der Waals surface area contributed by atoms with Gasteiger partial charge >= 0.3 is 5.97 Å². The van der Waals surface area contributed by atoms with Gasteiger partial charge in [-0.3, -0.25) is 9.59 Å². The number of ether oxygens (including phenoxy) is 3. The van der Waals surface area contributed by atoms with Crippen LogP contribution in [0, 0.1) is 29.6 Å². The van der Waals surface area contributed by atoms with Crippen LogP contribution in [-0.2, 0) is 28.6 Å². The van der Waals surface area contributed by atoms with Crippen molar-refractivity contribution in [2.75, 3.05) is 13.7 Å². The quantitative estimate of drug-likeness (QED) is 0.137. The summed E-state index contributed by atoms with van der Waals surface area (Å²) in [5.74, 6) is -5.29. The van der Waals surface area contributed by atoms with Gasteiger partial charge in [0.25, 0.3) is 11.7 Å². The highest BCUT2D eigenvalue weighted by Gasteiger charge is 2.53. The molecule has 11 heteroatoms. The molecule has 2 saturated heterocycles. The van der Waals surface area contributed by atoms with Crippen LogP contribution < -0.4 is 0 Å². The number of ketones is 1. The minimum Gasteiger partial charge on any atom is -0.460 e. The molecule has 58 heavy (non-hydrogen) atoms. The Balaban J connectivity index is 1.65. The Morgan fingerprint density at radius 2 is 1.67 bits per heavy atom. The summed E-state index contributed by atoms with van der Waals surface area (Å²) >= 11 is 0. The lowest BCUT2D eigenvalue weighted by Gasteiger charge is -2.42. The summed E-state index contributed by atoms with van der Waals surface area (Å²) in [5, 5.41) is 43.7. The Kier molecular flexibility index (Phi) is 18.2. The zero-order valence-electron chi connectivity index (χ0n) is 36.2. The van der Waals surface area contributed by atoms with Crippen molar-refractivity contribution in [1.29, 1.82) is 0 Å². The van der Waals surface area contributed by atoms with Gasteiger partial charge in [0, 0.05) is 32.4 Å². The van der Waals surface area contributed by atoms with Gasteiger partial charge in [0.2, 0.25) is 5.79 Å². The van der Waals surface area contributed by atoms with Crippen molar-refractivity contribution in [2.24, 2.45) is 29.6 Å². The van der Waals surface area contributed by atoms with Crippen LogP contribution in [0.5, 0.6) is 0 Å². The first-order valence-corrected chi connectivity index (χ1v) is 21.8. The number of esters is 1. The number of aliphatic hydroxyl groups is 4. The highest BCUT2D eigenvalue weighted by molar-refractivity contribution is 6.39. The third-order valence-electron chi connectivity index (χ3n) is 13.4. The largest absolute Gasteiger partial charge is 0.460 e. The zero-order valence-corrected chi connectivity index (χ0v) is 36.2. The van der Waals surface area contributed by atoms with Gasteiger partial charge in [-0.15, -0.1) is 0 Å². The molecule has 11 nitrogen and oxygen atoms in total. The van der Waals surface area contributed by atoms with Gasteiger partial charge in [-0.25, -0.2) is 4.79 Å². The molecule has 4 N–H and O–H groups in total. The number of carbonyl (C=O) groups excluding carboxylic acids is 3. The lowest BCUT2D eigenvalue weighted by molar-refractivity contribution is -0.265. The molecule has 2 bridgehead atoms. The summed E-state index contributed by atoms with van der Waals surface area (Å²) in [4.78, 5) is 43.6. The second-order valence-electron chi connectivity index (χ2n) is 18.1. The van der Waals surface area contributed by atoms with E-state index in [1.807, 2.05) is 51.2 Å². The van der Waals surface area contributed by atoms with E-state index in [4.69, 9.17) is 14.2 Å². The van der Waals surface area contributed by atoms with Gasteiger partial charge in [-0.1, -0.05) is 76.3 Å². The summed E-state index contributed by atoms with van der Waals surface area (Å²) in [6, 6.07) is -1.02. The van der Waals surface area contributed by atoms with Crippen LogP contribution in [-0.4, -0.2) is 105 Å². The minimum atomic E-state index is -2.37. The molecule has 0 aromatic carbocycles. The maximum absolute atomic E-state index is 14.2. The number of hydrogen-bond acceptors (Lipinski definition) is 10. The first-order valence-electron chi connectivity index (χ1n) is 21.8. The van der Waals surface area contributed by atoms with Crippen molar-refractivity contribution in [3.8, 4) is 0 Å². The predicted octanol–water partition coefficient (Wildman–Crippen LogP) is 6.68. The average Bonchev–Trinajstić information content (AvgIpc) is 3.19. The summed E-state index contributed by atoms with van der Waals surface area (Å²) < 4.78 is 18.3. The first kappa shape index (κ1) is 47.7. The number of piperidine rings is 1. The van der Waals surface area contributed by atoms with Crippen LogP contribution in [0.15, 0.2) is 59.8 Å². The maximum Gasteiger partial charge on any atom is 0.329 e. The number of cyclic esters (lactones) is 1. The molecule has 326 valence electrons. The highest BCUT2D eigenvalue weighted by atomic mass is 16.6. The molecule has 0 aromatic heterocycles. The van der Waals surface area contributed by atoms with Crippen LogP contribution in [0.1, 0.15) is 125 Å². The maximum atomic E-state index is 14.2. The molecule has 1 amide bonds. The zero-order chi connectivity index (χ0) is 42.7. The Labute approximate surface area is 347 Å². The van der Waals surface area contributed by atoms with Crippen LogP contribution in [0.4, 0.5) is 0 Å². The van der Waals surface area contributed by atoms with E-state index < -0.39 is 65.9 Å². The Bertz CT molecular complexity index is 1530. The second kappa shape index (κ2) is 22.1. The Morgan fingerprint density at radius 1 is 0.931 bits per heavy atom. The summed E-state index contributed by atoms with van der Waals surface area (Å²) in [7, 11) is 1.61. The standard InChI is InChI=1S/C47H73NO10/c1-29-14-10-9-11-15-31(3)43(56-8)28-37-20-18-35(7)47(55,58-37)44(52)45(53)48-23-13-12-16-38(48)46(54)57-42(34(6)25-36-19-21-39(49)41(51)27-36)22-17-30(2)40(50)26-33(5)32(4)24-29/h9-11,14-15,17,29,32,34-43,49-51,55H,5,12-13,16,18-28H2,1-4,6-8H3/b11-9+,14-10+,30-17+,31-15+/t29-,32-,34-,35-,36+,37+,38+,39-,40+,41-,42?,43+,47-/m1/s1. The number of nitrogens with zero attached hydrogens (tertiary/aromatic N) is 1. The lowest BCUT2D eigenvalue weighted by atomic mass is 9.79. The number of fused-ring (bicyclic) bond motifs is 3. The van der Waals surface area contributed by atoms with Crippen LogP contribution in [0.3, 0.4) is 0 Å². The molecule has 4 aliphatic rings. The fourth-order valence-corrected chi connectivity index (χ4v) is 9.13. The third-order valence-corrected chi connectivity index (χ3v) is 13.4. The molecule has 4 rings (SSSR count). The number of aliphatic hydroxyl groups excluding tert-OH is 3. The Morgan fingerprint density at radius 3 is 2.38 bits per heavy atom. The van der Waals surface area contributed by atoms with Gasteiger partial charge in [0.05, 0.1) is 30.5 Å². The number of rotatable bonds is 4. The normalized spacial score (nSPS) is 40.8. The molecule has 1 aliphatic carbocycles. The van der Waals surface area contributed by atoms with E-state index in [1.165, 1.54) is 4.90 Å². The third kappa shape index (κ3) is 12.8. The number of methoxy groups -OCH3 is 1. The van der Waals surface area contributed by atoms with E-state index in [2.05, 4.69) is 26.5 Å². The van der Waals surface area contributed by atoms with E-state index in [9.17, 15) is 34.8 Å². The SMILES string of the molecule is C=C1C[C@H](O)/C(C)=C/CC([C@H](C)C[C@@H]2CC[C@@H](O)[C@H](O)C2)OC(=O)[C@@H]2CCCCN2C(=O)C(=O)[C@]2(O)O[C@@H](CC[C@H]2C)C[C@H](OC)/C(C)=C/C=C/C=C/[C@@H](C)C[C@H]1C. The van der Waals surface area contributed by atoms with Crippen molar-refractivity contribution in [2.45, 2.75) is 173 Å². The fraction of sp³-hybridized carbons (Fsp3) is 0.723. The van der Waals surface area contributed by atoms with Gasteiger partial charge in [-0.2, -0.15) is 0 Å².